The molecule has 0 bridgehead atoms. The van der Waals surface area contributed by atoms with Crippen LogP contribution >= 0.6 is 0 Å². The number of carbonyl (C=O) groups excluding carboxylic acids is 1. The molecule has 1 amide bonds. The Labute approximate surface area is 94.4 Å². The Morgan fingerprint density at radius 3 is 2.94 bits per heavy atom. The number of nitrogens with two attached hydrogens (primary N) is 1. The lowest BCUT2D eigenvalue weighted by Crippen LogP contribution is -2.31. The van der Waals surface area contributed by atoms with Gasteiger partial charge in [-0.25, -0.2) is 4.98 Å². The Bertz CT molecular complexity index is 356. The van der Waals surface area contributed by atoms with E-state index in [-0.39, 0.29) is 17.4 Å². The summed E-state index contributed by atoms with van der Waals surface area (Å²) in [5.41, 5.74) is 5.70. The number of likely N-dealkylation sites (N-methyl/N-ethyl adjacent to an activating group) is 1. The summed E-state index contributed by atoms with van der Waals surface area (Å²) in [5.74, 6) is 0.0311. The van der Waals surface area contributed by atoms with E-state index in [1.54, 1.807) is 7.05 Å². The Morgan fingerprint density at radius 2 is 2.31 bits per heavy atom. The maximum Gasteiger partial charge on any atom is 0.273 e. The van der Waals surface area contributed by atoms with Crippen molar-refractivity contribution in [2.24, 2.45) is 0 Å². The fourth-order valence-corrected chi connectivity index (χ4v) is 1.13. The molecular formula is C10H16N4O2. The van der Waals surface area contributed by atoms with E-state index in [0.29, 0.717) is 19.8 Å². The fraction of sp³-hybridized carbons (Fsp3) is 0.500. The first-order chi connectivity index (χ1) is 7.65. The Balaban J connectivity index is 2.56. The second kappa shape index (κ2) is 6.02. The van der Waals surface area contributed by atoms with Crippen molar-refractivity contribution < 1.29 is 9.53 Å². The number of hydrogen-bond acceptors (Lipinski definition) is 5. The molecule has 1 rings (SSSR count). The number of anilines is 1. The highest BCUT2D eigenvalue weighted by atomic mass is 16.5. The van der Waals surface area contributed by atoms with Crippen LogP contribution in [0.5, 0.6) is 0 Å². The molecule has 0 saturated carbocycles. The van der Waals surface area contributed by atoms with Crippen LogP contribution in [0.15, 0.2) is 12.4 Å². The molecule has 1 heterocycles. The number of rotatable bonds is 5. The van der Waals surface area contributed by atoms with Crippen LogP contribution in [0.1, 0.15) is 17.4 Å². The summed E-state index contributed by atoms with van der Waals surface area (Å²) in [6.07, 6.45) is 2.80. The van der Waals surface area contributed by atoms with Crippen molar-refractivity contribution >= 4 is 11.7 Å². The standard InChI is InChI=1S/C10H16N4O2/c1-3-16-5-4-14(2)10(15)8-6-12-7-9(11)13-8/h6-7H,3-5H2,1-2H3,(H2,11,13). The molecule has 0 atom stereocenters. The van der Waals surface area contributed by atoms with Crippen LogP contribution in [-0.2, 0) is 4.74 Å². The zero-order valence-corrected chi connectivity index (χ0v) is 9.51. The SMILES string of the molecule is CCOCCN(C)C(=O)c1cncc(N)n1. The van der Waals surface area contributed by atoms with E-state index in [4.69, 9.17) is 10.5 Å². The van der Waals surface area contributed by atoms with Crippen LogP contribution in [0.2, 0.25) is 0 Å². The van der Waals surface area contributed by atoms with E-state index in [0.717, 1.165) is 0 Å². The third-order valence-corrected chi connectivity index (χ3v) is 1.99. The van der Waals surface area contributed by atoms with Crippen molar-refractivity contribution in [2.45, 2.75) is 6.92 Å². The molecule has 0 aliphatic rings. The topological polar surface area (TPSA) is 81.3 Å². The minimum Gasteiger partial charge on any atom is -0.382 e. The van der Waals surface area contributed by atoms with Gasteiger partial charge in [-0.3, -0.25) is 9.78 Å². The molecule has 0 radical (unpaired) electrons. The molecule has 16 heavy (non-hydrogen) atoms. The molecule has 0 aliphatic carbocycles. The van der Waals surface area contributed by atoms with Gasteiger partial charge in [-0.05, 0) is 6.92 Å². The molecule has 88 valence electrons. The zero-order chi connectivity index (χ0) is 12.0. The van der Waals surface area contributed by atoms with Crippen LogP contribution in [0, 0.1) is 0 Å². The molecule has 0 fully saturated rings. The first-order valence-corrected chi connectivity index (χ1v) is 5.06. The Hall–Kier alpha value is -1.69. The summed E-state index contributed by atoms with van der Waals surface area (Å²) in [6.45, 7) is 3.57. The summed E-state index contributed by atoms with van der Waals surface area (Å²) >= 11 is 0. The summed E-state index contributed by atoms with van der Waals surface area (Å²) in [7, 11) is 1.69. The van der Waals surface area contributed by atoms with Crippen molar-refractivity contribution in [3.05, 3.63) is 18.1 Å². The fourth-order valence-electron chi connectivity index (χ4n) is 1.13. The second-order valence-electron chi connectivity index (χ2n) is 3.25. The number of nitrogens with zero attached hydrogens (tertiary/aromatic N) is 3. The largest absolute Gasteiger partial charge is 0.382 e. The molecule has 6 nitrogen and oxygen atoms in total. The summed E-state index contributed by atoms with van der Waals surface area (Å²) in [5, 5.41) is 0. The van der Waals surface area contributed by atoms with Crippen molar-refractivity contribution in [1.29, 1.82) is 0 Å². The van der Waals surface area contributed by atoms with E-state index in [9.17, 15) is 4.79 Å². The van der Waals surface area contributed by atoms with Gasteiger partial charge in [0.25, 0.3) is 5.91 Å². The van der Waals surface area contributed by atoms with Gasteiger partial charge in [0.05, 0.1) is 19.0 Å². The molecule has 1 aromatic rings. The number of amides is 1. The lowest BCUT2D eigenvalue weighted by Gasteiger charge is -2.16. The quantitative estimate of drug-likeness (QED) is 0.721. The molecule has 0 spiro atoms. The lowest BCUT2D eigenvalue weighted by atomic mass is 10.4. The predicted octanol–water partition coefficient (Wildman–Crippen LogP) is 0.167. The van der Waals surface area contributed by atoms with Crippen molar-refractivity contribution in [3.8, 4) is 0 Å². The van der Waals surface area contributed by atoms with Crippen LogP contribution in [0.25, 0.3) is 0 Å². The third-order valence-electron chi connectivity index (χ3n) is 1.99. The number of nitrogen functional groups attached to an aromatic ring is 1. The van der Waals surface area contributed by atoms with E-state index < -0.39 is 0 Å². The van der Waals surface area contributed by atoms with Gasteiger partial charge in [0, 0.05) is 20.2 Å². The van der Waals surface area contributed by atoms with Crippen molar-refractivity contribution in [2.75, 3.05) is 32.5 Å². The molecule has 6 heteroatoms. The van der Waals surface area contributed by atoms with Gasteiger partial charge < -0.3 is 15.4 Å². The smallest absolute Gasteiger partial charge is 0.273 e. The Morgan fingerprint density at radius 1 is 1.56 bits per heavy atom. The first kappa shape index (κ1) is 12.4. The van der Waals surface area contributed by atoms with Gasteiger partial charge in [0.2, 0.25) is 0 Å². The normalized spacial score (nSPS) is 10.1. The minimum atomic E-state index is -0.209. The van der Waals surface area contributed by atoms with Gasteiger partial charge in [-0.2, -0.15) is 0 Å². The van der Waals surface area contributed by atoms with Gasteiger partial charge in [0.1, 0.15) is 11.5 Å². The first-order valence-electron chi connectivity index (χ1n) is 5.06. The maximum absolute atomic E-state index is 11.8. The number of aromatic nitrogens is 2. The average molecular weight is 224 g/mol. The third kappa shape index (κ3) is 3.47. The average Bonchev–Trinajstić information content (AvgIpc) is 2.28. The van der Waals surface area contributed by atoms with Gasteiger partial charge >= 0.3 is 0 Å². The van der Waals surface area contributed by atoms with Crippen LogP contribution in [-0.4, -0.2) is 47.6 Å². The van der Waals surface area contributed by atoms with Crippen molar-refractivity contribution in [3.63, 3.8) is 0 Å². The predicted molar refractivity (Wildman–Crippen MR) is 59.9 cm³/mol. The number of ether oxygens (including phenoxy) is 1. The Kier molecular flexibility index (Phi) is 4.65. The highest BCUT2D eigenvalue weighted by Gasteiger charge is 2.13. The lowest BCUT2D eigenvalue weighted by molar-refractivity contribution is 0.0704. The summed E-state index contributed by atoms with van der Waals surface area (Å²) in [6, 6.07) is 0. The van der Waals surface area contributed by atoms with Gasteiger partial charge in [0.15, 0.2) is 0 Å². The monoisotopic (exact) mass is 224 g/mol. The highest BCUT2D eigenvalue weighted by molar-refractivity contribution is 5.92. The molecule has 0 aliphatic heterocycles. The van der Waals surface area contributed by atoms with Crippen LogP contribution < -0.4 is 5.73 Å². The summed E-state index contributed by atoms with van der Waals surface area (Å²) in [4.78, 5) is 21.1. The number of carbonyl (C=O) groups is 1. The molecule has 0 unspecified atom stereocenters. The zero-order valence-electron chi connectivity index (χ0n) is 9.51. The molecule has 0 saturated heterocycles. The second-order valence-corrected chi connectivity index (χ2v) is 3.25. The van der Waals surface area contributed by atoms with E-state index in [1.807, 2.05) is 6.92 Å². The highest BCUT2D eigenvalue weighted by Crippen LogP contribution is 2.01. The van der Waals surface area contributed by atoms with E-state index in [2.05, 4.69) is 9.97 Å². The van der Waals surface area contributed by atoms with Crippen molar-refractivity contribution in [1.82, 2.24) is 14.9 Å². The molecule has 2 N–H and O–H groups in total. The summed E-state index contributed by atoms with van der Waals surface area (Å²) < 4.78 is 5.16. The van der Waals surface area contributed by atoms with Gasteiger partial charge in [-0.1, -0.05) is 0 Å². The molecule has 1 aromatic heterocycles. The molecule has 0 aromatic carbocycles. The maximum atomic E-state index is 11.8. The van der Waals surface area contributed by atoms with Gasteiger partial charge in [-0.15, -0.1) is 0 Å². The minimum absolute atomic E-state index is 0.209. The number of hydrogen-bond donors (Lipinski definition) is 1. The molecular weight excluding hydrogens is 208 g/mol. The van der Waals surface area contributed by atoms with Crippen LogP contribution in [0.3, 0.4) is 0 Å². The van der Waals surface area contributed by atoms with E-state index in [1.165, 1.54) is 17.3 Å². The van der Waals surface area contributed by atoms with Crippen LogP contribution in [0.4, 0.5) is 5.82 Å². The van der Waals surface area contributed by atoms with E-state index >= 15 is 0 Å².